The van der Waals surface area contributed by atoms with Crippen molar-refractivity contribution < 1.29 is 19.8 Å². The Morgan fingerprint density at radius 2 is 1.97 bits per heavy atom. The number of carbonyl (C=O) groups is 1. The van der Waals surface area contributed by atoms with Gasteiger partial charge in [-0.15, -0.1) is 10.1 Å². The number of aromatic nitrogens is 2. The van der Waals surface area contributed by atoms with Crippen molar-refractivity contribution in [2.24, 2.45) is 0 Å². The Balaban J connectivity index is 1.95. The summed E-state index contributed by atoms with van der Waals surface area (Å²) in [6, 6.07) is 12.2. The van der Waals surface area contributed by atoms with Gasteiger partial charge in [-0.3, -0.25) is 4.57 Å². The van der Waals surface area contributed by atoms with E-state index in [0.29, 0.717) is 52.1 Å². The third-order valence-corrected chi connectivity index (χ3v) is 5.23. The molecule has 0 aliphatic rings. The highest BCUT2D eigenvalue weighted by Crippen LogP contribution is 2.33. The zero-order valence-electron chi connectivity index (χ0n) is 17.5. The molecule has 0 atom stereocenters. The minimum absolute atomic E-state index is 0.00296. The number of unbranched alkanes of at least 4 members (excludes halogenated alkanes) is 1. The van der Waals surface area contributed by atoms with Gasteiger partial charge in [0.05, 0.1) is 17.3 Å². The van der Waals surface area contributed by atoms with E-state index in [4.69, 9.17) is 23.2 Å². The van der Waals surface area contributed by atoms with E-state index in [-0.39, 0.29) is 12.3 Å². The number of carboxylic acid groups (broad SMARTS) is 1. The first kappa shape index (κ1) is 24.1. The van der Waals surface area contributed by atoms with Gasteiger partial charge in [-0.25, -0.2) is 9.78 Å². The summed E-state index contributed by atoms with van der Waals surface area (Å²) in [4.78, 5) is 30.6. The quantitative estimate of drug-likeness (QED) is 0.196. The number of imidazole rings is 1. The van der Waals surface area contributed by atoms with Crippen LogP contribution in [0, 0.1) is 22.0 Å². The molecule has 0 radical (unpaired) electrons. The lowest BCUT2D eigenvalue weighted by molar-refractivity contribution is -0.757. The lowest BCUT2D eigenvalue weighted by atomic mass is 10.1. The van der Waals surface area contributed by atoms with Crippen LogP contribution in [-0.2, 0) is 11.3 Å². The second kappa shape index (κ2) is 10.9. The molecule has 33 heavy (non-hydrogen) atoms. The Morgan fingerprint density at radius 3 is 2.58 bits per heavy atom. The normalized spacial score (nSPS) is 10.4. The highest BCUT2D eigenvalue weighted by Gasteiger charge is 2.24. The van der Waals surface area contributed by atoms with Crippen LogP contribution in [0.15, 0.2) is 42.5 Å². The molecule has 10 heteroatoms. The predicted octanol–water partition coefficient (Wildman–Crippen LogP) is 5.45. The van der Waals surface area contributed by atoms with Gasteiger partial charge in [-0.1, -0.05) is 42.0 Å². The van der Waals surface area contributed by atoms with Gasteiger partial charge in [0.15, 0.2) is 5.69 Å². The van der Waals surface area contributed by atoms with Gasteiger partial charge in [0.2, 0.25) is 0 Å². The summed E-state index contributed by atoms with van der Waals surface area (Å²) in [5.41, 5.74) is 2.51. The molecule has 8 nitrogen and oxygen atoms in total. The third kappa shape index (κ3) is 5.83. The Labute approximate surface area is 199 Å². The van der Waals surface area contributed by atoms with Crippen LogP contribution in [0.4, 0.5) is 0 Å². The van der Waals surface area contributed by atoms with Crippen molar-refractivity contribution >= 4 is 29.2 Å². The molecule has 0 spiro atoms. The number of hydrogen-bond acceptors (Lipinski definition) is 5. The minimum Gasteiger partial charge on any atom is -0.476 e. The van der Waals surface area contributed by atoms with E-state index < -0.39 is 11.1 Å². The maximum atomic E-state index is 11.8. The first-order chi connectivity index (χ1) is 15.8. The van der Waals surface area contributed by atoms with Crippen LogP contribution in [0.25, 0.3) is 17.1 Å². The maximum Gasteiger partial charge on any atom is 0.356 e. The SMILES string of the molecule is CCc1c(C(=O)O)nc(-c2ccc(Cl)cc2Cl)n1-c1ccc(C#CCCCO[N+](=O)[O-])cc1. The van der Waals surface area contributed by atoms with Crippen LogP contribution in [0.3, 0.4) is 0 Å². The Morgan fingerprint density at radius 1 is 1.24 bits per heavy atom. The van der Waals surface area contributed by atoms with E-state index >= 15 is 0 Å². The second-order valence-corrected chi connectivity index (χ2v) is 7.70. The Kier molecular flexibility index (Phi) is 7.93. The molecular weight excluding hydrogens is 469 g/mol. The number of nitrogens with zero attached hydrogens (tertiary/aromatic N) is 3. The number of benzene rings is 2. The summed E-state index contributed by atoms with van der Waals surface area (Å²) in [6.45, 7) is 1.86. The van der Waals surface area contributed by atoms with Gasteiger partial charge in [-0.2, -0.15) is 0 Å². The highest BCUT2D eigenvalue weighted by molar-refractivity contribution is 6.36. The highest BCUT2D eigenvalue weighted by atomic mass is 35.5. The monoisotopic (exact) mass is 487 g/mol. The summed E-state index contributed by atoms with van der Waals surface area (Å²) in [6.07, 6.45) is 1.34. The standard InChI is InChI=1S/C23H19Cl2N3O5/c1-2-20-21(23(29)30)26-22(18-12-9-16(24)14-19(18)25)27(20)17-10-7-15(8-11-17)6-4-3-5-13-33-28(31)32/h7-12,14H,2-3,5,13H2,1H3,(H,29,30). The molecule has 3 rings (SSSR count). The van der Waals surface area contributed by atoms with Gasteiger partial charge in [-0.05, 0) is 55.3 Å². The first-order valence-corrected chi connectivity index (χ1v) is 10.7. The third-order valence-electron chi connectivity index (χ3n) is 4.68. The molecule has 3 aromatic rings. The van der Waals surface area contributed by atoms with E-state index in [1.807, 2.05) is 31.2 Å². The van der Waals surface area contributed by atoms with Crippen LogP contribution >= 0.6 is 23.2 Å². The molecule has 1 aromatic heterocycles. The maximum absolute atomic E-state index is 11.8. The molecule has 2 aromatic carbocycles. The van der Waals surface area contributed by atoms with E-state index in [1.54, 1.807) is 22.8 Å². The summed E-state index contributed by atoms with van der Waals surface area (Å²) in [7, 11) is 0. The van der Waals surface area contributed by atoms with Crippen LogP contribution in [-0.4, -0.2) is 32.3 Å². The Hall–Kier alpha value is -3.54. The van der Waals surface area contributed by atoms with Gasteiger partial charge in [0.1, 0.15) is 5.82 Å². The molecule has 0 unspecified atom stereocenters. The molecule has 0 fully saturated rings. The molecule has 0 saturated heterocycles. The van der Waals surface area contributed by atoms with Crippen molar-refractivity contribution in [3.63, 3.8) is 0 Å². The fourth-order valence-corrected chi connectivity index (χ4v) is 3.73. The second-order valence-electron chi connectivity index (χ2n) is 6.86. The predicted molar refractivity (Wildman–Crippen MR) is 124 cm³/mol. The molecule has 0 aliphatic carbocycles. The molecule has 1 N–H and O–H groups in total. The summed E-state index contributed by atoms with van der Waals surface area (Å²) < 4.78 is 1.77. The van der Waals surface area contributed by atoms with E-state index in [0.717, 1.165) is 5.56 Å². The molecule has 0 aliphatic heterocycles. The lowest BCUT2D eigenvalue weighted by Crippen LogP contribution is -2.06. The first-order valence-electron chi connectivity index (χ1n) is 9.98. The van der Waals surface area contributed by atoms with Crippen molar-refractivity contribution in [2.75, 3.05) is 6.61 Å². The van der Waals surface area contributed by atoms with Gasteiger partial charge in [0, 0.05) is 28.3 Å². The topological polar surface area (TPSA) is 107 Å². The van der Waals surface area contributed by atoms with Crippen molar-refractivity contribution in [3.8, 4) is 28.9 Å². The van der Waals surface area contributed by atoms with Crippen LogP contribution in [0.2, 0.25) is 10.0 Å². The van der Waals surface area contributed by atoms with Crippen molar-refractivity contribution in [1.29, 1.82) is 0 Å². The molecule has 0 amide bonds. The Bertz CT molecular complexity index is 1240. The smallest absolute Gasteiger partial charge is 0.356 e. The average Bonchev–Trinajstić information content (AvgIpc) is 3.16. The number of carboxylic acids is 1. The van der Waals surface area contributed by atoms with Crippen molar-refractivity contribution in [2.45, 2.75) is 26.2 Å². The number of aromatic carboxylic acids is 1. The summed E-state index contributed by atoms with van der Waals surface area (Å²) in [5, 5.41) is 19.8. The summed E-state index contributed by atoms with van der Waals surface area (Å²) >= 11 is 12.4. The average molecular weight is 488 g/mol. The number of rotatable bonds is 8. The van der Waals surface area contributed by atoms with Crippen LogP contribution in [0.5, 0.6) is 0 Å². The van der Waals surface area contributed by atoms with E-state index in [1.165, 1.54) is 0 Å². The largest absolute Gasteiger partial charge is 0.476 e. The minimum atomic E-state index is -1.12. The number of hydrogen-bond donors (Lipinski definition) is 1. The molecule has 1 heterocycles. The summed E-state index contributed by atoms with van der Waals surface area (Å²) in [5.74, 6) is 5.22. The molecule has 0 bridgehead atoms. The van der Waals surface area contributed by atoms with E-state index in [2.05, 4.69) is 21.7 Å². The fourth-order valence-electron chi connectivity index (χ4n) is 3.24. The van der Waals surface area contributed by atoms with Crippen LogP contribution < -0.4 is 0 Å². The van der Waals surface area contributed by atoms with Crippen molar-refractivity contribution in [3.05, 3.63) is 79.6 Å². The van der Waals surface area contributed by atoms with Gasteiger partial charge >= 0.3 is 5.97 Å². The zero-order valence-corrected chi connectivity index (χ0v) is 19.1. The van der Waals surface area contributed by atoms with Crippen LogP contribution in [0.1, 0.15) is 41.5 Å². The van der Waals surface area contributed by atoms with Gasteiger partial charge in [0.25, 0.3) is 5.09 Å². The lowest BCUT2D eigenvalue weighted by Gasteiger charge is -2.13. The molecular formula is C23H19Cl2N3O5. The van der Waals surface area contributed by atoms with E-state index in [9.17, 15) is 20.0 Å². The van der Waals surface area contributed by atoms with Crippen molar-refractivity contribution in [1.82, 2.24) is 9.55 Å². The van der Waals surface area contributed by atoms with Gasteiger partial charge < -0.3 is 9.94 Å². The fraction of sp³-hybridized carbons (Fsp3) is 0.217. The molecule has 170 valence electrons. The zero-order chi connectivity index (χ0) is 24.0. The molecule has 0 saturated carbocycles. The number of halogens is 2.